The number of hydrogen-bond donors (Lipinski definition) is 1. The fourth-order valence-electron chi connectivity index (χ4n) is 3.64. The predicted molar refractivity (Wildman–Crippen MR) is 105 cm³/mol. The van der Waals surface area contributed by atoms with Crippen molar-refractivity contribution in [2.45, 2.75) is 52.5 Å². The number of likely N-dealkylation sites (tertiary alicyclic amines) is 1. The molecule has 1 atom stereocenters. The van der Waals surface area contributed by atoms with Crippen LogP contribution >= 0.6 is 11.3 Å². The quantitative estimate of drug-likeness (QED) is 0.726. The third-order valence-electron chi connectivity index (χ3n) is 5.06. The predicted octanol–water partition coefficient (Wildman–Crippen LogP) is 4.74. The highest BCUT2D eigenvalue weighted by molar-refractivity contribution is 7.13. The normalized spacial score (nSPS) is 17.6. The summed E-state index contributed by atoms with van der Waals surface area (Å²) in [6.07, 6.45) is 1.95. The van der Waals surface area contributed by atoms with E-state index in [0.29, 0.717) is 5.92 Å². The number of thiazole rings is 1. The molecule has 3 aromatic rings. The standard InChI is InChI=1S/C20H24N4OS/c1-11(2)19-21-13(4)17(26-19)20(25)24-10-6-9-15(24)18-22-14-8-5-7-12(3)16(14)23-18/h5,7-8,11,15H,6,9-10H2,1-4H3,(H,22,23). The van der Waals surface area contributed by atoms with Crippen molar-refractivity contribution in [3.8, 4) is 0 Å². The van der Waals surface area contributed by atoms with E-state index in [4.69, 9.17) is 4.98 Å². The summed E-state index contributed by atoms with van der Waals surface area (Å²) in [5.74, 6) is 1.32. The number of amides is 1. The van der Waals surface area contributed by atoms with Crippen LogP contribution in [0.15, 0.2) is 18.2 Å². The summed E-state index contributed by atoms with van der Waals surface area (Å²) in [5.41, 5.74) is 4.03. The van der Waals surface area contributed by atoms with Crippen molar-refractivity contribution in [1.29, 1.82) is 0 Å². The van der Waals surface area contributed by atoms with Gasteiger partial charge in [0.2, 0.25) is 0 Å². The zero-order valence-corrected chi connectivity index (χ0v) is 16.5. The van der Waals surface area contributed by atoms with E-state index in [1.165, 1.54) is 11.3 Å². The first kappa shape index (κ1) is 17.2. The van der Waals surface area contributed by atoms with E-state index in [9.17, 15) is 4.79 Å². The summed E-state index contributed by atoms with van der Waals surface area (Å²) in [5, 5.41) is 1.03. The number of nitrogens with one attached hydrogen (secondary N) is 1. The first-order valence-corrected chi connectivity index (χ1v) is 10.0. The van der Waals surface area contributed by atoms with E-state index in [1.54, 1.807) is 0 Å². The second kappa shape index (κ2) is 6.50. The maximum atomic E-state index is 13.2. The summed E-state index contributed by atoms with van der Waals surface area (Å²) in [6, 6.07) is 6.16. The first-order chi connectivity index (χ1) is 12.5. The highest BCUT2D eigenvalue weighted by Crippen LogP contribution is 2.35. The molecule has 3 heterocycles. The Labute approximate surface area is 157 Å². The molecule has 26 heavy (non-hydrogen) atoms. The number of imidazole rings is 1. The lowest BCUT2D eigenvalue weighted by Gasteiger charge is -2.22. The van der Waals surface area contributed by atoms with Gasteiger partial charge in [-0.05, 0) is 38.3 Å². The van der Waals surface area contributed by atoms with Gasteiger partial charge in [-0.3, -0.25) is 4.79 Å². The molecule has 0 saturated carbocycles. The molecule has 0 aliphatic carbocycles. The molecule has 0 spiro atoms. The van der Waals surface area contributed by atoms with E-state index >= 15 is 0 Å². The zero-order valence-electron chi connectivity index (χ0n) is 15.7. The minimum atomic E-state index is 0.0123. The molecule has 4 rings (SSSR count). The van der Waals surface area contributed by atoms with Crippen LogP contribution in [0.3, 0.4) is 0 Å². The van der Waals surface area contributed by atoms with Crippen molar-refractivity contribution in [2.75, 3.05) is 6.54 Å². The average Bonchev–Trinajstić information content (AvgIpc) is 3.31. The largest absolute Gasteiger partial charge is 0.340 e. The molecule has 1 fully saturated rings. The lowest BCUT2D eigenvalue weighted by molar-refractivity contribution is 0.0734. The molecule has 1 unspecified atom stereocenters. The molecular formula is C20H24N4OS. The SMILES string of the molecule is Cc1nc(C(C)C)sc1C(=O)N1CCCC1c1nc2c(C)cccc2[nH]1. The molecule has 1 aromatic carbocycles. The molecule has 1 aliphatic rings. The Kier molecular flexibility index (Phi) is 4.31. The van der Waals surface area contributed by atoms with E-state index in [1.807, 2.05) is 24.0 Å². The Balaban J connectivity index is 1.67. The lowest BCUT2D eigenvalue weighted by Crippen LogP contribution is -2.31. The Morgan fingerprint density at radius 2 is 2.12 bits per heavy atom. The highest BCUT2D eigenvalue weighted by atomic mass is 32.1. The van der Waals surface area contributed by atoms with Gasteiger partial charge in [0.15, 0.2) is 0 Å². The van der Waals surface area contributed by atoms with Crippen LogP contribution in [-0.4, -0.2) is 32.3 Å². The van der Waals surface area contributed by atoms with Crippen LogP contribution in [0.1, 0.15) is 70.4 Å². The summed E-state index contributed by atoms with van der Waals surface area (Å²) >= 11 is 1.53. The topological polar surface area (TPSA) is 61.9 Å². The average molecular weight is 369 g/mol. The third kappa shape index (κ3) is 2.82. The van der Waals surface area contributed by atoms with Gasteiger partial charge < -0.3 is 9.88 Å². The number of nitrogens with zero attached hydrogens (tertiary/aromatic N) is 3. The summed E-state index contributed by atoms with van der Waals surface area (Å²) in [7, 11) is 0. The van der Waals surface area contributed by atoms with Crippen molar-refractivity contribution in [1.82, 2.24) is 19.9 Å². The smallest absolute Gasteiger partial charge is 0.266 e. The minimum Gasteiger partial charge on any atom is -0.340 e. The lowest BCUT2D eigenvalue weighted by atomic mass is 10.2. The fraction of sp³-hybridized carbons (Fsp3) is 0.450. The van der Waals surface area contributed by atoms with Crippen LogP contribution in [0.25, 0.3) is 11.0 Å². The van der Waals surface area contributed by atoms with Crippen LogP contribution < -0.4 is 0 Å². The van der Waals surface area contributed by atoms with Gasteiger partial charge in [-0.25, -0.2) is 9.97 Å². The van der Waals surface area contributed by atoms with Crippen molar-refractivity contribution >= 4 is 28.3 Å². The molecule has 1 N–H and O–H groups in total. The van der Waals surface area contributed by atoms with Crippen LogP contribution in [0.5, 0.6) is 0 Å². The van der Waals surface area contributed by atoms with Crippen LogP contribution in [0.4, 0.5) is 0 Å². The number of carbonyl (C=O) groups excluding carboxylic acids is 1. The second-order valence-corrected chi connectivity index (χ2v) is 8.40. The Morgan fingerprint density at radius 1 is 1.31 bits per heavy atom. The van der Waals surface area contributed by atoms with Gasteiger partial charge in [0.05, 0.1) is 27.8 Å². The molecule has 0 radical (unpaired) electrons. The summed E-state index contributed by atoms with van der Waals surface area (Å²) in [4.78, 5) is 28.8. The number of aromatic nitrogens is 3. The van der Waals surface area contributed by atoms with Crippen LogP contribution in [0, 0.1) is 13.8 Å². The molecule has 1 amide bonds. The van der Waals surface area contributed by atoms with E-state index in [0.717, 1.165) is 57.4 Å². The van der Waals surface area contributed by atoms with Crippen LogP contribution in [0.2, 0.25) is 0 Å². The molecule has 6 heteroatoms. The molecule has 136 valence electrons. The zero-order chi connectivity index (χ0) is 18.4. The van der Waals surface area contributed by atoms with Gasteiger partial charge in [0.25, 0.3) is 5.91 Å². The van der Waals surface area contributed by atoms with Crippen LogP contribution in [-0.2, 0) is 0 Å². The van der Waals surface area contributed by atoms with E-state index in [-0.39, 0.29) is 11.9 Å². The molecule has 1 saturated heterocycles. The number of H-pyrrole nitrogens is 1. The van der Waals surface area contributed by atoms with E-state index in [2.05, 4.69) is 36.8 Å². The second-order valence-electron chi connectivity index (χ2n) is 7.37. The van der Waals surface area contributed by atoms with Gasteiger partial charge >= 0.3 is 0 Å². The number of benzene rings is 1. The molecule has 5 nitrogen and oxygen atoms in total. The molecule has 1 aliphatic heterocycles. The van der Waals surface area contributed by atoms with Crippen molar-refractivity contribution in [3.05, 3.63) is 45.2 Å². The van der Waals surface area contributed by atoms with Gasteiger partial charge in [0.1, 0.15) is 10.7 Å². The number of para-hydroxylation sites is 1. The third-order valence-corrected chi connectivity index (χ3v) is 6.51. The van der Waals surface area contributed by atoms with Crippen molar-refractivity contribution in [3.63, 3.8) is 0 Å². The van der Waals surface area contributed by atoms with Gasteiger partial charge in [0, 0.05) is 12.5 Å². The number of aryl methyl sites for hydroxylation is 2. The maximum Gasteiger partial charge on any atom is 0.266 e. The number of carbonyl (C=O) groups is 1. The molecule has 0 bridgehead atoms. The fourth-order valence-corrected chi connectivity index (χ4v) is 4.66. The van der Waals surface area contributed by atoms with Gasteiger partial charge in [-0.2, -0.15) is 0 Å². The van der Waals surface area contributed by atoms with Gasteiger partial charge in [-0.15, -0.1) is 11.3 Å². The molecular weight excluding hydrogens is 344 g/mol. The number of rotatable bonds is 3. The molecule has 2 aromatic heterocycles. The Hall–Kier alpha value is -2.21. The Morgan fingerprint density at radius 3 is 2.81 bits per heavy atom. The van der Waals surface area contributed by atoms with Gasteiger partial charge in [-0.1, -0.05) is 26.0 Å². The highest BCUT2D eigenvalue weighted by Gasteiger charge is 2.34. The first-order valence-electron chi connectivity index (χ1n) is 9.19. The van der Waals surface area contributed by atoms with Crippen molar-refractivity contribution in [2.24, 2.45) is 0 Å². The number of fused-ring (bicyclic) bond motifs is 1. The summed E-state index contributed by atoms with van der Waals surface area (Å²) in [6.45, 7) is 9.00. The maximum absolute atomic E-state index is 13.2. The summed E-state index contributed by atoms with van der Waals surface area (Å²) < 4.78 is 0. The minimum absolute atomic E-state index is 0.0123. The van der Waals surface area contributed by atoms with E-state index < -0.39 is 0 Å². The Bertz CT molecular complexity index is 972. The number of hydrogen-bond acceptors (Lipinski definition) is 4. The number of aromatic amines is 1. The van der Waals surface area contributed by atoms with Crippen molar-refractivity contribution < 1.29 is 4.79 Å². The monoisotopic (exact) mass is 368 g/mol.